The van der Waals surface area contributed by atoms with Crippen LogP contribution in [0.3, 0.4) is 0 Å². The molecule has 0 radical (unpaired) electrons. The Labute approximate surface area is 225 Å². The molecule has 4 heterocycles. The van der Waals surface area contributed by atoms with Gasteiger partial charge in [0.1, 0.15) is 13.1 Å². The number of aromatic nitrogens is 2. The standard InChI is InChI=1S/C29H38N3O3.BrH/c1-22-18-31-25(19-30-22)17-26(33)20-32-15-11-23(12-16-32)27(21-32)35-28(34)29(13-7-2-3-8-14-29)24-9-5-4-6-10-24;/h4-6,9-10,18-19,23,27H,2-3,7-8,11-17,20-21H2,1H3;1H/q+1;/p-1/t23?,27-,32?;/m0./s1. The summed E-state index contributed by atoms with van der Waals surface area (Å²) in [4.78, 5) is 35.5. The monoisotopic (exact) mass is 555 g/mol. The van der Waals surface area contributed by atoms with E-state index in [4.69, 9.17) is 4.74 Å². The summed E-state index contributed by atoms with van der Waals surface area (Å²) in [6, 6.07) is 10.3. The largest absolute Gasteiger partial charge is 1.00 e. The molecule has 1 aromatic heterocycles. The number of Topliss-reactive ketones (excluding diaryl/α,β-unsaturated/α-hetero) is 1. The van der Waals surface area contributed by atoms with Gasteiger partial charge in [-0.2, -0.15) is 0 Å². The Morgan fingerprint density at radius 2 is 1.69 bits per heavy atom. The van der Waals surface area contributed by atoms with Gasteiger partial charge < -0.3 is 26.2 Å². The van der Waals surface area contributed by atoms with Gasteiger partial charge >= 0.3 is 5.97 Å². The van der Waals surface area contributed by atoms with Gasteiger partial charge in [0.15, 0.2) is 11.9 Å². The van der Waals surface area contributed by atoms with Crippen LogP contribution < -0.4 is 17.0 Å². The zero-order chi connectivity index (χ0) is 24.3. The predicted molar refractivity (Wildman–Crippen MR) is 134 cm³/mol. The maximum absolute atomic E-state index is 13.9. The fourth-order valence-corrected chi connectivity index (χ4v) is 6.67. The summed E-state index contributed by atoms with van der Waals surface area (Å²) in [6.07, 6.45) is 11.9. The van der Waals surface area contributed by atoms with Gasteiger partial charge in [-0.25, -0.2) is 0 Å². The van der Waals surface area contributed by atoms with E-state index in [9.17, 15) is 9.59 Å². The fourth-order valence-electron chi connectivity index (χ4n) is 6.67. The number of aryl methyl sites for hydroxylation is 1. The molecule has 0 N–H and O–H groups in total. The van der Waals surface area contributed by atoms with Crippen LogP contribution in [-0.2, 0) is 26.2 Å². The van der Waals surface area contributed by atoms with Gasteiger partial charge in [0.25, 0.3) is 0 Å². The lowest BCUT2D eigenvalue weighted by Gasteiger charge is -2.52. The number of hydrogen-bond donors (Lipinski definition) is 0. The molecule has 1 aliphatic carbocycles. The van der Waals surface area contributed by atoms with E-state index >= 15 is 0 Å². The van der Waals surface area contributed by atoms with Crippen molar-refractivity contribution < 1.29 is 35.8 Å². The van der Waals surface area contributed by atoms with Crippen LogP contribution in [0.5, 0.6) is 0 Å². The molecule has 3 aliphatic heterocycles. The number of nitrogens with zero attached hydrogens (tertiary/aromatic N) is 3. The number of piperidine rings is 3. The lowest BCUT2D eigenvalue weighted by molar-refractivity contribution is -0.939. The first-order valence-corrected chi connectivity index (χ1v) is 13.4. The minimum Gasteiger partial charge on any atom is -1.00 e. The molecule has 1 atom stereocenters. The van der Waals surface area contributed by atoms with Crippen LogP contribution in [0.4, 0.5) is 0 Å². The summed E-state index contributed by atoms with van der Waals surface area (Å²) in [5.74, 6) is 0.567. The molecule has 0 spiro atoms. The minimum absolute atomic E-state index is 0. The van der Waals surface area contributed by atoms with Gasteiger partial charge in [0.2, 0.25) is 0 Å². The third-order valence-corrected chi connectivity index (χ3v) is 8.70. The summed E-state index contributed by atoms with van der Waals surface area (Å²) in [6.45, 7) is 5.13. The van der Waals surface area contributed by atoms with Crippen LogP contribution in [0, 0.1) is 12.8 Å². The molecule has 7 heteroatoms. The number of carbonyl (C=O) groups excluding carboxylic acids is 2. The number of hydrogen-bond acceptors (Lipinski definition) is 5. The average molecular weight is 557 g/mol. The number of quaternary nitrogens is 1. The Balaban J connectivity index is 0.00000304. The number of carbonyl (C=O) groups is 2. The highest BCUT2D eigenvalue weighted by Crippen LogP contribution is 2.42. The summed E-state index contributed by atoms with van der Waals surface area (Å²) < 4.78 is 7.17. The molecule has 4 fully saturated rings. The smallest absolute Gasteiger partial charge is 0.317 e. The third-order valence-electron chi connectivity index (χ3n) is 8.70. The maximum Gasteiger partial charge on any atom is 0.317 e. The maximum atomic E-state index is 13.9. The molecule has 0 amide bonds. The molecule has 2 bridgehead atoms. The highest BCUT2D eigenvalue weighted by atomic mass is 79.9. The zero-order valence-electron chi connectivity index (χ0n) is 21.3. The molecule has 194 valence electrons. The first-order chi connectivity index (χ1) is 17.0. The molecule has 36 heavy (non-hydrogen) atoms. The van der Waals surface area contributed by atoms with Gasteiger partial charge in [-0.05, 0) is 25.3 Å². The van der Waals surface area contributed by atoms with Crippen molar-refractivity contribution in [3.63, 3.8) is 0 Å². The number of rotatable bonds is 7. The van der Waals surface area contributed by atoms with E-state index in [1.54, 1.807) is 12.4 Å². The molecule has 1 aromatic carbocycles. The van der Waals surface area contributed by atoms with E-state index < -0.39 is 5.41 Å². The second-order valence-electron chi connectivity index (χ2n) is 11.1. The van der Waals surface area contributed by atoms with Crippen molar-refractivity contribution in [2.75, 3.05) is 26.2 Å². The predicted octanol–water partition coefficient (Wildman–Crippen LogP) is 1.35. The Morgan fingerprint density at radius 3 is 2.33 bits per heavy atom. The van der Waals surface area contributed by atoms with Crippen LogP contribution in [0.15, 0.2) is 42.7 Å². The number of halogens is 1. The third kappa shape index (κ3) is 5.72. The van der Waals surface area contributed by atoms with Gasteiger partial charge in [0, 0.05) is 31.2 Å². The van der Waals surface area contributed by atoms with Crippen molar-refractivity contribution in [1.82, 2.24) is 9.97 Å². The fraction of sp³-hybridized carbons (Fsp3) is 0.586. The molecule has 6 nitrogen and oxygen atoms in total. The van der Waals surface area contributed by atoms with Crippen molar-refractivity contribution in [3.8, 4) is 0 Å². The SMILES string of the molecule is Cc1cnc(CC(=O)C[N+]23CCC(CC2)[C@@H](OC(=O)C2(c4ccccc4)CCCCCC2)C3)cn1.[Br-]. The molecule has 1 saturated carbocycles. The van der Waals surface area contributed by atoms with Crippen molar-refractivity contribution >= 4 is 11.8 Å². The van der Waals surface area contributed by atoms with Gasteiger partial charge in [-0.1, -0.05) is 56.0 Å². The second-order valence-corrected chi connectivity index (χ2v) is 11.1. The highest BCUT2D eigenvalue weighted by molar-refractivity contribution is 5.83. The number of ketones is 1. The lowest BCUT2D eigenvalue weighted by Crippen LogP contribution is -3.00. The van der Waals surface area contributed by atoms with Crippen LogP contribution in [0.25, 0.3) is 0 Å². The number of ether oxygens (including phenoxy) is 1. The number of benzene rings is 1. The van der Waals surface area contributed by atoms with Gasteiger partial charge in [-0.15, -0.1) is 0 Å². The molecule has 0 unspecified atom stereocenters. The van der Waals surface area contributed by atoms with Crippen LogP contribution in [0.1, 0.15) is 68.3 Å². The van der Waals surface area contributed by atoms with E-state index in [1.165, 1.54) is 12.8 Å². The average Bonchev–Trinajstić information content (AvgIpc) is 3.14. The Morgan fingerprint density at radius 1 is 1.00 bits per heavy atom. The van der Waals surface area contributed by atoms with Crippen molar-refractivity contribution in [3.05, 3.63) is 59.7 Å². The van der Waals surface area contributed by atoms with E-state index in [0.717, 1.165) is 79.6 Å². The van der Waals surface area contributed by atoms with E-state index in [0.29, 0.717) is 18.9 Å². The first kappa shape index (κ1) is 26.9. The first-order valence-electron chi connectivity index (χ1n) is 13.4. The van der Waals surface area contributed by atoms with E-state index in [-0.39, 0.29) is 34.8 Å². The second kappa shape index (κ2) is 11.5. The molecule has 3 saturated heterocycles. The van der Waals surface area contributed by atoms with Crippen LogP contribution >= 0.6 is 0 Å². The summed E-state index contributed by atoms with van der Waals surface area (Å²) in [5.41, 5.74) is 2.15. The van der Waals surface area contributed by atoms with Crippen molar-refractivity contribution in [1.29, 1.82) is 0 Å². The molecular weight excluding hydrogens is 518 g/mol. The number of esters is 1. The number of fused-ring (bicyclic) bond motifs is 3. The Bertz CT molecular complexity index is 1030. The van der Waals surface area contributed by atoms with Crippen molar-refractivity contribution in [2.24, 2.45) is 5.92 Å². The van der Waals surface area contributed by atoms with E-state index in [2.05, 4.69) is 22.1 Å². The highest BCUT2D eigenvalue weighted by Gasteiger charge is 2.50. The molecular formula is C29H38BrN3O3. The van der Waals surface area contributed by atoms with Gasteiger partial charge in [-0.3, -0.25) is 19.6 Å². The van der Waals surface area contributed by atoms with Crippen molar-refractivity contribution in [2.45, 2.75) is 76.2 Å². The summed E-state index contributed by atoms with van der Waals surface area (Å²) in [7, 11) is 0. The summed E-state index contributed by atoms with van der Waals surface area (Å²) >= 11 is 0. The van der Waals surface area contributed by atoms with Crippen LogP contribution in [0.2, 0.25) is 0 Å². The van der Waals surface area contributed by atoms with Crippen LogP contribution in [-0.4, -0.2) is 58.5 Å². The quantitative estimate of drug-likeness (QED) is 0.293. The topological polar surface area (TPSA) is 69.2 Å². The Hall–Kier alpha value is -2.12. The zero-order valence-corrected chi connectivity index (χ0v) is 22.9. The normalized spacial score (nSPS) is 26.9. The summed E-state index contributed by atoms with van der Waals surface area (Å²) in [5, 5.41) is 0. The lowest BCUT2D eigenvalue weighted by atomic mass is 9.74. The molecule has 6 rings (SSSR count). The minimum atomic E-state index is -0.533. The molecule has 4 aliphatic rings. The Kier molecular flexibility index (Phi) is 8.61. The molecule has 2 aromatic rings. The van der Waals surface area contributed by atoms with Gasteiger partial charge in [0.05, 0.1) is 36.3 Å². The van der Waals surface area contributed by atoms with E-state index in [1.807, 2.05) is 25.1 Å².